The van der Waals surface area contributed by atoms with Gasteiger partial charge >= 0.3 is 5.97 Å². The SMILES string of the molecule is CC(NCCC1CCCC1)(C(=O)O)C1CC1. The molecule has 0 radical (unpaired) electrons. The zero-order valence-electron chi connectivity index (χ0n) is 10.2. The number of hydrogen-bond acceptors (Lipinski definition) is 2. The zero-order valence-corrected chi connectivity index (χ0v) is 10.2. The summed E-state index contributed by atoms with van der Waals surface area (Å²) in [6.07, 6.45) is 8.70. The van der Waals surface area contributed by atoms with Gasteiger partial charge in [-0.2, -0.15) is 0 Å². The summed E-state index contributed by atoms with van der Waals surface area (Å²) in [6.45, 7) is 2.71. The molecule has 0 bridgehead atoms. The lowest BCUT2D eigenvalue weighted by atomic mass is 9.95. The van der Waals surface area contributed by atoms with E-state index in [0.717, 1.165) is 31.7 Å². The molecule has 0 aliphatic heterocycles. The Morgan fingerprint density at radius 1 is 1.31 bits per heavy atom. The molecule has 3 heteroatoms. The summed E-state index contributed by atoms with van der Waals surface area (Å²) in [6, 6.07) is 0. The van der Waals surface area contributed by atoms with Crippen LogP contribution in [-0.4, -0.2) is 23.2 Å². The molecule has 2 N–H and O–H groups in total. The van der Waals surface area contributed by atoms with Gasteiger partial charge in [0, 0.05) is 0 Å². The van der Waals surface area contributed by atoms with Crippen molar-refractivity contribution in [3.63, 3.8) is 0 Å². The fraction of sp³-hybridized carbons (Fsp3) is 0.923. The van der Waals surface area contributed by atoms with Gasteiger partial charge in [-0.05, 0) is 44.6 Å². The Bertz CT molecular complexity index is 257. The first kappa shape index (κ1) is 11.9. The Kier molecular flexibility index (Phi) is 3.53. The van der Waals surface area contributed by atoms with E-state index in [-0.39, 0.29) is 0 Å². The molecule has 0 amide bonds. The van der Waals surface area contributed by atoms with E-state index in [4.69, 9.17) is 0 Å². The van der Waals surface area contributed by atoms with E-state index < -0.39 is 11.5 Å². The third kappa shape index (κ3) is 2.57. The van der Waals surface area contributed by atoms with Crippen molar-refractivity contribution in [1.82, 2.24) is 5.32 Å². The maximum Gasteiger partial charge on any atom is 0.323 e. The number of rotatable bonds is 6. The molecule has 1 unspecified atom stereocenters. The molecule has 92 valence electrons. The molecular formula is C13H23NO2. The van der Waals surface area contributed by atoms with Crippen molar-refractivity contribution in [1.29, 1.82) is 0 Å². The van der Waals surface area contributed by atoms with Crippen molar-refractivity contribution in [3.05, 3.63) is 0 Å². The van der Waals surface area contributed by atoms with E-state index in [1.807, 2.05) is 6.92 Å². The molecule has 2 saturated carbocycles. The van der Waals surface area contributed by atoms with E-state index in [2.05, 4.69) is 5.32 Å². The maximum atomic E-state index is 11.3. The molecule has 2 rings (SSSR count). The molecule has 0 saturated heterocycles. The van der Waals surface area contributed by atoms with Crippen molar-refractivity contribution >= 4 is 5.97 Å². The van der Waals surface area contributed by atoms with Crippen molar-refractivity contribution in [2.75, 3.05) is 6.54 Å². The first-order valence-electron chi connectivity index (χ1n) is 6.61. The van der Waals surface area contributed by atoms with Crippen molar-refractivity contribution in [2.24, 2.45) is 11.8 Å². The topological polar surface area (TPSA) is 49.3 Å². The standard InChI is InChI=1S/C13H23NO2/c1-13(12(15)16,11-6-7-11)14-9-8-10-4-2-3-5-10/h10-11,14H,2-9H2,1H3,(H,15,16). The van der Waals surface area contributed by atoms with Crippen molar-refractivity contribution in [3.8, 4) is 0 Å². The fourth-order valence-electron chi connectivity index (χ4n) is 2.89. The van der Waals surface area contributed by atoms with Crippen LogP contribution in [0.25, 0.3) is 0 Å². The monoisotopic (exact) mass is 225 g/mol. The van der Waals surface area contributed by atoms with Crippen LogP contribution in [0.5, 0.6) is 0 Å². The molecule has 1 atom stereocenters. The highest BCUT2D eigenvalue weighted by atomic mass is 16.4. The van der Waals surface area contributed by atoms with Gasteiger partial charge in [-0.3, -0.25) is 4.79 Å². The second-order valence-electron chi connectivity index (χ2n) is 5.65. The van der Waals surface area contributed by atoms with Crippen LogP contribution in [0.3, 0.4) is 0 Å². The summed E-state index contributed by atoms with van der Waals surface area (Å²) in [5.74, 6) is 0.514. The summed E-state index contributed by atoms with van der Waals surface area (Å²) in [5, 5.41) is 12.6. The lowest BCUT2D eigenvalue weighted by Crippen LogP contribution is -2.52. The molecule has 16 heavy (non-hydrogen) atoms. The van der Waals surface area contributed by atoms with E-state index in [0.29, 0.717) is 5.92 Å². The highest BCUT2D eigenvalue weighted by Crippen LogP contribution is 2.39. The highest BCUT2D eigenvalue weighted by Gasteiger charge is 2.46. The Balaban J connectivity index is 1.75. The molecule has 3 nitrogen and oxygen atoms in total. The zero-order chi connectivity index (χ0) is 11.6. The predicted octanol–water partition coefficient (Wildman–Crippen LogP) is 2.41. The van der Waals surface area contributed by atoms with Gasteiger partial charge in [0.2, 0.25) is 0 Å². The van der Waals surface area contributed by atoms with Crippen LogP contribution in [0.1, 0.15) is 51.9 Å². The third-order valence-corrected chi connectivity index (χ3v) is 4.36. The minimum Gasteiger partial charge on any atom is -0.480 e. The summed E-state index contributed by atoms with van der Waals surface area (Å²) < 4.78 is 0. The Morgan fingerprint density at radius 2 is 1.94 bits per heavy atom. The number of carbonyl (C=O) groups is 1. The van der Waals surface area contributed by atoms with Crippen LogP contribution in [-0.2, 0) is 4.79 Å². The Labute approximate surface area is 97.6 Å². The smallest absolute Gasteiger partial charge is 0.323 e. The van der Waals surface area contributed by atoms with Gasteiger partial charge < -0.3 is 10.4 Å². The first-order chi connectivity index (χ1) is 7.63. The van der Waals surface area contributed by atoms with Gasteiger partial charge in [0.1, 0.15) is 5.54 Å². The number of carboxylic acids is 1. The van der Waals surface area contributed by atoms with E-state index in [1.165, 1.54) is 25.7 Å². The van der Waals surface area contributed by atoms with Crippen LogP contribution in [0.2, 0.25) is 0 Å². The fourth-order valence-corrected chi connectivity index (χ4v) is 2.89. The van der Waals surface area contributed by atoms with Crippen LogP contribution < -0.4 is 5.32 Å². The van der Waals surface area contributed by atoms with Gasteiger partial charge in [-0.25, -0.2) is 0 Å². The molecule has 0 heterocycles. The summed E-state index contributed by atoms with van der Waals surface area (Å²) in [5.41, 5.74) is -0.668. The second kappa shape index (κ2) is 4.74. The predicted molar refractivity (Wildman–Crippen MR) is 63.3 cm³/mol. The number of carboxylic acid groups (broad SMARTS) is 1. The average Bonchev–Trinajstić information content (AvgIpc) is 2.98. The molecular weight excluding hydrogens is 202 g/mol. The van der Waals surface area contributed by atoms with E-state index in [1.54, 1.807) is 0 Å². The quantitative estimate of drug-likeness (QED) is 0.730. The molecule has 0 aromatic rings. The summed E-state index contributed by atoms with van der Waals surface area (Å²) in [4.78, 5) is 11.3. The molecule has 0 aromatic heterocycles. The van der Waals surface area contributed by atoms with Crippen LogP contribution in [0.4, 0.5) is 0 Å². The Hall–Kier alpha value is -0.570. The number of nitrogens with one attached hydrogen (secondary N) is 1. The molecule has 0 aromatic carbocycles. The van der Waals surface area contributed by atoms with E-state index in [9.17, 15) is 9.90 Å². The van der Waals surface area contributed by atoms with Gasteiger partial charge in [0.15, 0.2) is 0 Å². The lowest BCUT2D eigenvalue weighted by molar-refractivity contribution is -0.145. The highest BCUT2D eigenvalue weighted by molar-refractivity contribution is 5.79. The lowest BCUT2D eigenvalue weighted by Gasteiger charge is -2.27. The van der Waals surface area contributed by atoms with Gasteiger partial charge in [0.05, 0.1) is 0 Å². The van der Waals surface area contributed by atoms with Crippen LogP contribution in [0, 0.1) is 11.8 Å². The second-order valence-corrected chi connectivity index (χ2v) is 5.65. The average molecular weight is 225 g/mol. The first-order valence-corrected chi connectivity index (χ1v) is 6.61. The van der Waals surface area contributed by atoms with E-state index >= 15 is 0 Å². The Morgan fingerprint density at radius 3 is 2.44 bits per heavy atom. The number of aliphatic carboxylic acids is 1. The van der Waals surface area contributed by atoms with Gasteiger partial charge in [-0.1, -0.05) is 25.7 Å². The summed E-state index contributed by atoms with van der Waals surface area (Å²) in [7, 11) is 0. The van der Waals surface area contributed by atoms with Crippen LogP contribution >= 0.6 is 0 Å². The largest absolute Gasteiger partial charge is 0.480 e. The van der Waals surface area contributed by atoms with Crippen molar-refractivity contribution in [2.45, 2.75) is 57.4 Å². The maximum absolute atomic E-state index is 11.3. The van der Waals surface area contributed by atoms with Gasteiger partial charge in [0.25, 0.3) is 0 Å². The van der Waals surface area contributed by atoms with Gasteiger partial charge in [-0.15, -0.1) is 0 Å². The molecule has 2 aliphatic carbocycles. The normalized spacial score (nSPS) is 25.6. The molecule has 2 aliphatic rings. The molecule has 2 fully saturated rings. The third-order valence-electron chi connectivity index (χ3n) is 4.36. The summed E-state index contributed by atoms with van der Waals surface area (Å²) >= 11 is 0. The minimum atomic E-state index is -0.679. The number of hydrogen-bond donors (Lipinski definition) is 2. The minimum absolute atomic E-state index is 0.355. The molecule has 0 spiro atoms. The van der Waals surface area contributed by atoms with Crippen LogP contribution in [0.15, 0.2) is 0 Å². The van der Waals surface area contributed by atoms with Crippen molar-refractivity contribution < 1.29 is 9.90 Å².